The van der Waals surface area contributed by atoms with E-state index in [1.165, 1.54) is 11.3 Å². The topological polar surface area (TPSA) is 78.7 Å². The fourth-order valence-electron chi connectivity index (χ4n) is 2.18. The molecule has 3 rings (SSSR count). The summed E-state index contributed by atoms with van der Waals surface area (Å²) >= 11 is 1.52. The number of benzene rings is 1. The molecule has 2 aromatic heterocycles. The number of aryl methyl sites for hydroxylation is 1. The predicted octanol–water partition coefficient (Wildman–Crippen LogP) is 3.65. The molecule has 0 aliphatic rings. The van der Waals surface area contributed by atoms with E-state index in [0.717, 1.165) is 16.4 Å². The molecule has 0 unspecified atom stereocenters. The molecular weight excluding hydrogens is 320 g/mol. The van der Waals surface area contributed by atoms with E-state index in [1.54, 1.807) is 30.5 Å². The molecule has 0 atom stereocenters. The van der Waals surface area contributed by atoms with Gasteiger partial charge in [0.15, 0.2) is 0 Å². The Kier molecular flexibility index (Phi) is 4.94. The quantitative estimate of drug-likeness (QED) is 0.772. The van der Waals surface area contributed by atoms with Crippen molar-refractivity contribution in [3.63, 3.8) is 0 Å². The van der Waals surface area contributed by atoms with Crippen LogP contribution >= 0.6 is 11.3 Å². The van der Waals surface area contributed by atoms with E-state index in [0.29, 0.717) is 24.1 Å². The predicted molar refractivity (Wildman–Crippen MR) is 93.5 cm³/mol. The van der Waals surface area contributed by atoms with Crippen LogP contribution in [0.2, 0.25) is 0 Å². The summed E-state index contributed by atoms with van der Waals surface area (Å²) in [5.74, 6) is -0.132. The number of thiazole rings is 1. The summed E-state index contributed by atoms with van der Waals surface area (Å²) in [7, 11) is 0. The minimum atomic E-state index is -0.132. The standard InChI is InChI=1S/C18H14N4OS/c19-11-13-5-1-2-6-14(13)21-17(23)8-9-18-22-16(12-24-18)15-7-3-4-10-20-15/h1-7,10,12H,8-9H2,(H,21,23). The third-order valence-corrected chi connectivity index (χ3v) is 4.28. The Balaban J connectivity index is 1.59. The van der Waals surface area contributed by atoms with Crippen LogP contribution in [0, 0.1) is 11.3 Å². The van der Waals surface area contributed by atoms with Gasteiger partial charge in [0.25, 0.3) is 0 Å². The Morgan fingerprint density at radius 3 is 2.79 bits per heavy atom. The van der Waals surface area contributed by atoms with Gasteiger partial charge in [-0.25, -0.2) is 4.98 Å². The van der Waals surface area contributed by atoms with Crippen molar-refractivity contribution in [3.8, 4) is 17.5 Å². The third-order valence-electron chi connectivity index (χ3n) is 3.37. The average Bonchev–Trinajstić information content (AvgIpc) is 3.10. The third kappa shape index (κ3) is 3.83. The molecule has 0 radical (unpaired) electrons. The van der Waals surface area contributed by atoms with Crippen molar-refractivity contribution < 1.29 is 4.79 Å². The Hall–Kier alpha value is -3.04. The fraction of sp³-hybridized carbons (Fsp3) is 0.111. The molecular formula is C18H14N4OS. The maximum atomic E-state index is 12.1. The molecule has 0 fully saturated rings. The highest BCUT2D eigenvalue weighted by Gasteiger charge is 2.09. The van der Waals surface area contributed by atoms with Gasteiger partial charge in [-0.2, -0.15) is 5.26 Å². The van der Waals surface area contributed by atoms with E-state index in [4.69, 9.17) is 5.26 Å². The number of pyridine rings is 1. The first-order valence-electron chi connectivity index (χ1n) is 7.41. The first-order chi connectivity index (χ1) is 11.8. The van der Waals surface area contributed by atoms with Crippen molar-refractivity contribution in [2.24, 2.45) is 0 Å². The highest BCUT2D eigenvalue weighted by atomic mass is 32.1. The normalized spacial score (nSPS) is 10.1. The van der Waals surface area contributed by atoms with Crippen LogP contribution in [0.15, 0.2) is 54.0 Å². The summed E-state index contributed by atoms with van der Waals surface area (Å²) in [6.07, 6.45) is 2.60. The monoisotopic (exact) mass is 334 g/mol. The molecule has 1 amide bonds. The van der Waals surface area contributed by atoms with Gasteiger partial charge in [0.05, 0.1) is 27.6 Å². The Morgan fingerprint density at radius 1 is 1.17 bits per heavy atom. The second kappa shape index (κ2) is 7.49. The van der Waals surface area contributed by atoms with Crippen LogP contribution in [0.25, 0.3) is 11.4 Å². The van der Waals surface area contributed by atoms with Crippen molar-refractivity contribution in [1.29, 1.82) is 5.26 Å². The number of nitriles is 1. The number of anilines is 1. The SMILES string of the molecule is N#Cc1ccccc1NC(=O)CCc1nc(-c2ccccn2)cs1. The molecule has 5 nitrogen and oxygen atoms in total. The lowest BCUT2D eigenvalue weighted by atomic mass is 10.2. The number of para-hydroxylation sites is 1. The van der Waals surface area contributed by atoms with Crippen LogP contribution in [-0.4, -0.2) is 15.9 Å². The molecule has 0 spiro atoms. The number of nitrogens with zero attached hydrogens (tertiary/aromatic N) is 3. The zero-order valence-electron chi connectivity index (χ0n) is 12.8. The molecule has 0 bridgehead atoms. The molecule has 118 valence electrons. The van der Waals surface area contributed by atoms with Crippen LogP contribution in [0.5, 0.6) is 0 Å². The number of amides is 1. The number of carbonyl (C=O) groups is 1. The molecule has 3 aromatic rings. The number of hydrogen-bond donors (Lipinski definition) is 1. The van der Waals surface area contributed by atoms with E-state index < -0.39 is 0 Å². The molecule has 0 aliphatic heterocycles. The van der Waals surface area contributed by atoms with Gasteiger partial charge in [-0.15, -0.1) is 11.3 Å². The second-order valence-corrected chi connectivity index (χ2v) is 5.99. The highest BCUT2D eigenvalue weighted by Crippen LogP contribution is 2.21. The maximum Gasteiger partial charge on any atom is 0.224 e. The van der Waals surface area contributed by atoms with Crippen LogP contribution in [0.1, 0.15) is 17.0 Å². The van der Waals surface area contributed by atoms with Gasteiger partial charge in [-0.1, -0.05) is 18.2 Å². The molecule has 0 aliphatic carbocycles. The van der Waals surface area contributed by atoms with Gasteiger partial charge >= 0.3 is 0 Å². The zero-order chi connectivity index (χ0) is 16.8. The van der Waals surface area contributed by atoms with Crippen molar-refractivity contribution in [3.05, 3.63) is 64.6 Å². The second-order valence-electron chi connectivity index (χ2n) is 5.05. The molecule has 0 saturated carbocycles. The van der Waals surface area contributed by atoms with Crippen molar-refractivity contribution in [2.45, 2.75) is 12.8 Å². The molecule has 1 N–H and O–H groups in total. The van der Waals surface area contributed by atoms with Crippen LogP contribution in [0.4, 0.5) is 5.69 Å². The van der Waals surface area contributed by atoms with Crippen molar-refractivity contribution in [1.82, 2.24) is 9.97 Å². The van der Waals surface area contributed by atoms with Crippen LogP contribution < -0.4 is 5.32 Å². The number of aromatic nitrogens is 2. The van der Waals surface area contributed by atoms with E-state index in [-0.39, 0.29) is 5.91 Å². The number of nitrogens with one attached hydrogen (secondary N) is 1. The maximum absolute atomic E-state index is 12.1. The minimum absolute atomic E-state index is 0.132. The lowest BCUT2D eigenvalue weighted by Gasteiger charge is -2.05. The van der Waals surface area contributed by atoms with E-state index in [9.17, 15) is 4.79 Å². The van der Waals surface area contributed by atoms with Gasteiger partial charge in [0, 0.05) is 24.4 Å². The largest absolute Gasteiger partial charge is 0.325 e. The lowest BCUT2D eigenvalue weighted by Crippen LogP contribution is -2.13. The van der Waals surface area contributed by atoms with Gasteiger partial charge in [0.2, 0.25) is 5.91 Å². The molecule has 6 heteroatoms. The smallest absolute Gasteiger partial charge is 0.224 e. The van der Waals surface area contributed by atoms with Gasteiger partial charge < -0.3 is 5.32 Å². The van der Waals surface area contributed by atoms with Gasteiger partial charge in [-0.3, -0.25) is 9.78 Å². The van der Waals surface area contributed by atoms with Crippen LogP contribution in [0.3, 0.4) is 0 Å². The molecule has 1 aromatic carbocycles. The highest BCUT2D eigenvalue weighted by molar-refractivity contribution is 7.09. The van der Waals surface area contributed by atoms with Gasteiger partial charge in [-0.05, 0) is 24.3 Å². The number of carbonyl (C=O) groups excluding carboxylic acids is 1. The Morgan fingerprint density at radius 2 is 2.00 bits per heavy atom. The van der Waals surface area contributed by atoms with E-state index >= 15 is 0 Å². The zero-order valence-corrected chi connectivity index (χ0v) is 13.6. The number of hydrogen-bond acceptors (Lipinski definition) is 5. The molecule has 0 saturated heterocycles. The molecule has 24 heavy (non-hydrogen) atoms. The van der Waals surface area contributed by atoms with Gasteiger partial charge in [0.1, 0.15) is 6.07 Å². The van der Waals surface area contributed by atoms with E-state index in [1.807, 2.05) is 23.6 Å². The lowest BCUT2D eigenvalue weighted by molar-refractivity contribution is -0.116. The molecule has 2 heterocycles. The number of rotatable bonds is 5. The van der Waals surface area contributed by atoms with Crippen molar-refractivity contribution in [2.75, 3.05) is 5.32 Å². The summed E-state index contributed by atoms with van der Waals surface area (Å²) in [6, 6.07) is 14.7. The minimum Gasteiger partial charge on any atom is -0.325 e. The van der Waals surface area contributed by atoms with Crippen LogP contribution in [-0.2, 0) is 11.2 Å². The first-order valence-corrected chi connectivity index (χ1v) is 8.29. The summed E-state index contributed by atoms with van der Waals surface area (Å²) in [5.41, 5.74) is 2.65. The average molecular weight is 334 g/mol. The van der Waals surface area contributed by atoms with Crippen molar-refractivity contribution >= 4 is 22.9 Å². The summed E-state index contributed by atoms with van der Waals surface area (Å²) in [6.45, 7) is 0. The Bertz CT molecular complexity index is 883. The fourth-order valence-corrected chi connectivity index (χ4v) is 2.97. The Labute approximate surface area is 143 Å². The van der Waals surface area contributed by atoms with E-state index in [2.05, 4.69) is 21.4 Å². The summed E-state index contributed by atoms with van der Waals surface area (Å²) < 4.78 is 0. The first kappa shape index (κ1) is 15.8. The summed E-state index contributed by atoms with van der Waals surface area (Å²) in [4.78, 5) is 20.9. The summed E-state index contributed by atoms with van der Waals surface area (Å²) in [5, 5.41) is 14.6.